The Hall–Kier alpha value is -2.36. The summed E-state index contributed by atoms with van der Waals surface area (Å²) in [5.41, 5.74) is 5.75. The number of methoxy groups -OCH3 is 1. The van der Waals surface area contributed by atoms with Crippen LogP contribution in [-0.2, 0) is 6.54 Å². The summed E-state index contributed by atoms with van der Waals surface area (Å²) in [6, 6.07) is 8.26. The molecule has 0 aliphatic rings. The second-order valence-electron chi connectivity index (χ2n) is 4.97. The molecule has 0 aliphatic carbocycles. The van der Waals surface area contributed by atoms with Crippen LogP contribution in [0.25, 0.3) is 11.0 Å². The molecule has 3 aromatic rings. The first-order chi connectivity index (χ1) is 9.69. The number of pyridine rings is 1. The van der Waals surface area contributed by atoms with Crippen LogP contribution in [0, 0.1) is 13.8 Å². The van der Waals surface area contributed by atoms with E-state index in [0.29, 0.717) is 12.4 Å². The SMILES string of the molecule is COc1ncccc1Cn1cnc2cc(C)c(C)cc21. The summed E-state index contributed by atoms with van der Waals surface area (Å²) in [6.07, 6.45) is 3.61. The summed E-state index contributed by atoms with van der Waals surface area (Å²) in [4.78, 5) is 8.71. The van der Waals surface area contributed by atoms with E-state index in [0.717, 1.165) is 16.6 Å². The Bertz CT molecular complexity index is 762. The molecule has 0 saturated heterocycles. The van der Waals surface area contributed by atoms with Gasteiger partial charge in [0.1, 0.15) is 0 Å². The van der Waals surface area contributed by atoms with Crippen molar-refractivity contribution in [2.75, 3.05) is 7.11 Å². The molecule has 0 atom stereocenters. The van der Waals surface area contributed by atoms with Gasteiger partial charge in [-0.25, -0.2) is 9.97 Å². The van der Waals surface area contributed by atoms with Gasteiger partial charge in [-0.05, 0) is 43.2 Å². The van der Waals surface area contributed by atoms with Crippen LogP contribution < -0.4 is 4.74 Å². The van der Waals surface area contributed by atoms with Crippen LogP contribution in [0.3, 0.4) is 0 Å². The zero-order valence-corrected chi connectivity index (χ0v) is 11.9. The van der Waals surface area contributed by atoms with Crippen LogP contribution in [-0.4, -0.2) is 21.6 Å². The molecular formula is C16H17N3O. The van der Waals surface area contributed by atoms with E-state index < -0.39 is 0 Å². The summed E-state index contributed by atoms with van der Waals surface area (Å²) >= 11 is 0. The highest BCUT2D eigenvalue weighted by molar-refractivity contribution is 5.77. The van der Waals surface area contributed by atoms with E-state index in [2.05, 4.69) is 40.5 Å². The number of aromatic nitrogens is 3. The lowest BCUT2D eigenvalue weighted by Crippen LogP contribution is -2.02. The molecule has 2 aromatic heterocycles. The van der Waals surface area contributed by atoms with Gasteiger partial charge in [-0.1, -0.05) is 6.07 Å². The summed E-state index contributed by atoms with van der Waals surface area (Å²) in [5.74, 6) is 0.665. The Labute approximate surface area is 118 Å². The Kier molecular flexibility index (Phi) is 3.14. The van der Waals surface area contributed by atoms with E-state index in [1.165, 1.54) is 11.1 Å². The van der Waals surface area contributed by atoms with Crippen molar-refractivity contribution in [3.05, 3.63) is 53.5 Å². The second-order valence-corrected chi connectivity index (χ2v) is 4.97. The number of nitrogens with zero attached hydrogens (tertiary/aromatic N) is 3. The Balaban J connectivity index is 2.05. The molecule has 1 aromatic carbocycles. The van der Waals surface area contributed by atoms with Crippen molar-refractivity contribution in [3.8, 4) is 5.88 Å². The molecule has 0 unspecified atom stereocenters. The number of benzene rings is 1. The van der Waals surface area contributed by atoms with Crippen LogP contribution in [0.4, 0.5) is 0 Å². The highest BCUT2D eigenvalue weighted by atomic mass is 16.5. The monoisotopic (exact) mass is 267 g/mol. The highest BCUT2D eigenvalue weighted by Gasteiger charge is 2.08. The molecule has 102 valence electrons. The van der Waals surface area contributed by atoms with Gasteiger partial charge in [0.25, 0.3) is 0 Å². The molecule has 4 heteroatoms. The van der Waals surface area contributed by atoms with Gasteiger partial charge in [0.15, 0.2) is 0 Å². The molecule has 0 radical (unpaired) electrons. The first-order valence-corrected chi connectivity index (χ1v) is 6.59. The van der Waals surface area contributed by atoms with E-state index in [4.69, 9.17) is 4.74 Å². The number of hydrogen-bond acceptors (Lipinski definition) is 3. The summed E-state index contributed by atoms with van der Waals surface area (Å²) in [7, 11) is 1.64. The molecule has 20 heavy (non-hydrogen) atoms. The number of imidazole rings is 1. The van der Waals surface area contributed by atoms with Crippen molar-refractivity contribution >= 4 is 11.0 Å². The topological polar surface area (TPSA) is 39.9 Å². The first-order valence-electron chi connectivity index (χ1n) is 6.59. The molecule has 3 rings (SSSR count). The van der Waals surface area contributed by atoms with Crippen LogP contribution in [0.1, 0.15) is 16.7 Å². The maximum absolute atomic E-state index is 5.30. The van der Waals surface area contributed by atoms with Crippen molar-refractivity contribution in [2.24, 2.45) is 0 Å². The first kappa shape index (κ1) is 12.7. The van der Waals surface area contributed by atoms with Gasteiger partial charge < -0.3 is 9.30 Å². The van der Waals surface area contributed by atoms with Crippen LogP contribution in [0.15, 0.2) is 36.8 Å². The minimum Gasteiger partial charge on any atom is -0.481 e. The fraction of sp³-hybridized carbons (Fsp3) is 0.250. The van der Waals surface area contributed by atoms with Crippen molar-refractivity contribution in [1.82, 2.24) is 14.5 Å². The summed E-state index contributed by atoms with van der Waals surface area (Å²) < 4.78 is 7.43. The molecule has 0 fully saturated rings. The molecule has 0 spiro atoms. The van der Waals surface area contributed by atoms with Gasteiger partial charge in [0, 0.05) is 11.8 Å². The van der Waals surface area contributed by atoms with Crippen LogP contribution in [0.2, 0.25) is 0 Å². The zero-order chi connectivity index (χ0) is 14.1. The lowest BCUT2D eigenvalue weighted by Gasteiger charge is -2.09. The normalized spacial score (nSPS) is 10.9. The lowest BCUT2D eigenvalue weighted by atomic mass is 10.1. The molecular weight excluding hydrogens is 250 g/mol. The van der Waals surface area contributed by atoms with E-state index in [-0.39, 0.29) is 0 Å². The Morgan fingerprint density at radius 2 is 1.95 bits per heavy atom. The zero-order valence-electron chi connectivity index (χ0n) is 11.9. The van der Waals surface area contributed by atoms with E-state index in [1.54, 1.807) is 13.3 Å². The quantitative estimate of drug-likeness (QED) is 0.732. The van der Waals surface area contributed by atoms with Gasteiger partial charge in [0.2, 0.25) is 5.88 Å². The van der Waals surface area contributed by atoms with Gasteiger partial charge in [-0.15, -0.1) is 0 Å². The molecule has 4 nitrogen and oxygen atoms in total. The number of hydrogen-bond donors (Lipinski definition) is 0. The Morgan fingerprint density at radius 3 is 2.75 bits per heavy atom. The van der Waals surface area contributed by atoms with E-state index in [9.17, 15) is 0 Å². The van der Waals surface area contributed by atoms with Crippen molar-refractivity contribution in [3.63, 3.8) is 0 Å². The van der Waals surface area contributed by atoms with Crippen molar-refractivity contribution < 1.29 is 4.74 Å². The summed E-state index contributed by atoms with van der Waals surface area (Å²) in [6.45, 7) is 4.94. The number of rotatable bonds is 3. The molecule has 0 N–H and O–H groups in total. The van der Waals surface area contributed by atoms with Gasteiger partial charge in [-0.3, -0.25) is 0 Å². The molecule has 2 heterocycles. The van der Waals surface area contributed by atoms with Crippen molar-refractivity contribution in [2.45, 2.75) is 20.4 Å². The van der Waals surface area contributed by atoms with Crippen LogP contribution in [0.5, 0.6) is 5.88 Å². The van der Waals surface area contributed by atoms with Gasteiger partial charge in [-0.2, -0.15) is 0 Å². The van der Waals surface area contributed by atoms with E-state index in [1.807, 2.05) is 18.5 Å². The van der Waals surface area contributed by atoms with Crippen molar-refractivity contribution in [1.29, 1.82) is 0 Å². The average molecular weight is 267 g/mol. The molecule has 0 aliphatic heterocycles. The second kappa shape index (κ2) is 4.96. The molecule has 0 bridgehead atoms. The predicted molar refractivity (Wildman–Crippen MR) is 79.1 cm³/mol. The highest BCUT2D eigenvalue weighted by Crippen LogP contribution is 2.21. The molecule has 0 saturated carbocycles. The van der Waals surface area contributed by atoms with E-state index >= 15 is 0 Å². The number of aryl methyl sites for hydroxylation is 2. The third-order valence-electron chi connectivity index (χ3n) is 3.62. The third kappa shape index (κ3) is 2.13. The van der Waals surface area contributed by atoms with Gasteiger partial charge in [0.05, 0.1) is 31.0 Å². The fourth-order valence-corrected chi connectivity index (χ4v) is 2.35. The lowest BCUT2D eigenvalue weighted by molar-refractivity contribution is 0.391. The number of ether oxygens (including phenoxy) is 1. The Morgan fingerprint density at radius 1 is 1.15 bits per heavy atom. The predicted octanol–water partition coefficient (Wildman–Crippen LogP) is 3.11. The fourth-order valence-electron chi connectivity index (χ4n) is 2.35. The van der Waals surface area contributed by atoms with Gasteiger partial charge >= 0.3 is 0 Å². The minimum absolute atomic E-state index is 0.665. The minimum atomic E-state index is 0.665. The average Bonchev–Trinajstić information content (AvgIpc) is 2.82. The van der Waals surface area contributed by atoms with Crippen LogP contribution >= 0.6 is 0 Å². The summed E-state index contributed by atoms with van der Waals surface area (Å²) in [5, 5.41) is 0. The number of fused-ring (bicyclic) bond motifs is 1. The molecule has 0 amide bonds. The standard InChI is InChI=1S/C16H17N3O/c1-11-7-14-15(8-12(11)2)19(10-18-14)9-13-5-4-6-17-16(13)20-3/h4-8,10H,9H2,1-3H3. The third-order valence-corrected chi connectivity index (χ3v) is 3.62. The largest absolute Gasteiger partial charge is 0.481 e. The maximum atomic E-state index is 5.30. The maximum Gasteiger partial charge on any atom is 0.218 e. The smallest absolute Gasteiger partial charge is 0.218 e.